The van der Waals surface area contributed by atoms with Crippen LogP contribution in [-0.2, 0) is 0 Å². The molecule has 3 heteroatoms. The monoisotopic (exact) mass is 214 g/mol. The lowest BCUT2D eigenvalue weighted by molar-refractivity contribution is 0.0316. The van der Waals surface area contributed by atoms with E-state index in [0.717, 1.165) is 32.4 Å². The average molecular weight is 214 g/mol. The Morgan fingerprint density at radius 2 is 1.93 bits per heavy atom. The van der Waals surface area contributed by atoms with E-state index in [-0.39, 0.29) is 6.10 Å². The predicted octanol–water partition coefficient (Wildman–Crippen LogP) is 1.35. The lowest BCUT2D eigenvalue weighted by Crippen LogP contribution is -2.43. The van der Waals surface area contributed by atoms with Crippen LogP contribution in [0.25, 0.3) is 0 Å². The van der Waals surface area contributed by atoms with Gasteiger partial charge in [0.25, 0.3) is 0 Å². The predicted molar refractivity (Wildman–Crippen MR) is 63.8 cm³/mol. The quantitative estimate of drug-likeness (QED) is 0.656. The molecular weight excluding hydrogens is 188 g/mol. The van der Waals surface area contributed by atoms with Gasteiger partial charge in [-0.3, -0.25) is 0 Å². The van der Waals surface area contributed by atoms with Crippen molar-refractivity contribution in [1.29, 1.82) is 0 Å². The number of rotatable bonds is 6. The molecule has 1 rings (SSSR count). The van der Waals surface area contributed by atoms with E-state index >= 15 is 0 Å². The molecule has 1 aliphatic rings. The first-order valence-electron chi connectivity index (χ1n) is 6.34. The normalized spacial score (nSPS) is 27.2. The number of unbranched alkanes of at least 4 members (excludes halogenated alkanes) is 2. The molecule has 90 valence electrons. The van der Waals surface area contributed by atoms with Gasteiger partial charge < -0.3 is 15.7 Å². The van der Waals surface area contributed by atoms with Crippen molar-refractivity contribution in [2.75, 3.05) is 20.1 Å². The molecule has 0 aliphatic heterocycles. The third kappa shape index (κ3) is 4.49. The van der Waals surface area contributed by atoms with Crippen LogP contribution >= 0.6 is 0 Å². The zero-order valence-electron chi connectivity index (χ0n) is 9.99. The van der Waals surface area contributed by atoms with Crippen LogP contribution in [0.15, 0.2) is 0 Å². The van der Waals surface area contributed by atoms with Crippen molar-refractivity contribution in [3.8, 4) is 0 Å². The Labute approximate surface area is 93.6 Å². The average Bonchev–Trinajstić information content (AvgIpc) is 2.25. The molecule has 0 aromatic heterocycles. The molecule has 2 atom stereocenters. The maximum atomic E-state index is 9.88. The Kier molecular flexibility index (Phi) is 6.22. The highest BCUT2D eigenvalue weighted by Gasteiger charge is 2.25. The maximum absolute atomic E-state index is 9.88. The standard InChI is InChI=1S/C12H26N2O/c1-14(10-6-2-5-9-13)11-7-3-4-8-12(11)15/h11-12,15H,2-10,13H2,1H3. The first-order chi connectivity index (χ1) is 7.25. The summed E-state index contributed by atoms with van der Waals surface area (Å²) in [4.78, 5) is 2.33. The first-order valence-corrected chi connectivity index (χ1v) is 6.34. The molecule has 0 radical (unpaired) electrons. The summed E-state index contributed by atoms with van der Waals surface area (Å²) in [6, 6.07) is 0.400. The van der Waals surface area contributed by atoms with E-state index in [4.69, 9.17) is 5.73 Å². The molecule has 0 spiro atoms. The number of likely N-dealkylation sites (N-methyl/N-ethyl adjacent to an activating group) is 1. The van der Waals surface area contributed by atoms with Crippen molar-refractivity contribution in [1.82, 2.24) is 4.90 Å². The van der Waals surface area contributed by atoms with Crippen LogP contribution < -0.4 is 5.73 Å². The summed E-state index contributed by atoms with van der Waals surface area (Å²) in [6.45, 7) is 1.90. The van der Waals surface area contributed by atoms with E-state index < -0.39 is 0 Å². The molecule has 0 heterocycles. The largest absolute Gasteiger partial charge is 0.391 e. The van der Waals surface area contributed by atoms with Crippen LogP contribution in [0.5, 0.6) is 0 Å². The molecule has 1 aliphatic carbocycles. The van der Waals surface area contributed by atoms with Gasteiger partial charge in [0, 0.05) is 6.04 Å². The van der Waals surface area contributed by atoms with Gasteiger partial charge in [0.15, 0.2) is 0 Å². The van der Waals surface area contributed by atoms with Crippen molar-refractivity contribution in [2.45, 2.75) is 57.1 Å². The lowest BCUT2D eigenvalue weighted by Gasteiger charge is -2.35. The topological polar surface area (TPSA) is 49.5 Å². The Hall–Kier alpha value is -0.120. The highest BCUT2D eigenvalue weighted by atomic mass is 16.3. The highest BCUT2D eigenvalue weighted by molar-refractivity contribution is 4.81. The fourth-order valence-corrected chi connectivity index (χ4v) is 2.45. The molecule has 0 aromatic carbocycles. The van der Waals surface area contributed by atoms with Gasteiger partial charge in [0.2, 0.25) is 0 Å². The number of hydrogen-bond donors (Lipinski definition) is 2. The van der Waals surface area contributed by atoms with Gasteiger partial charge >= 0.3 is 0 Å². The van der Waals surface area contributed by atoms with Crippen LogP contribution in [0.2, 0.25) is 0 Å². The fraction of sp³-hybridized carbons (Fsp3) is 1.00. The molecule has 0 aromatic rings. The minimum Gasteiger partial charge on any atom is -0.391 e. The maximum Gasteiger partial charge on any atom is 0.0695 e. The molecular formula is C12H26N2O. The van der Waals surface area contributed by atoms with E-state index in [1.165, 1.54) is 25.7 Å². The summed E-state index contributed by atoms with van der Waals surface area (Å²) in [5, 5.41) is 9.88. The molecule has 0 saturated heterocycles. The Morgan fingerprint density at radius 3 is 2.60 bits per heavy atom. The second-order valence-corrected chi connectivity index (χ2v) is 4.75. The Morgan fingerprint density at radius 1 is 1.20 bits per heavy atom. The Bertz CT molecular complexity index is 164. The zero-order valence-corrected chi connectivity index (χ0v) is 9.99. The zero-order chi connectivity index (χ0) is 11.1. The highest BCUT2D eigenvalue weighted by Crippen LogP contribution is 2.22. The third-order valence-electron chi connectivity index (χ3n) is 3.48. The number of hydrogen-bond acceptors (Lipinski definition) is 3. The van der Waals surface area contributed by atoms with Gasteiger partial charge in [-0.25, -0.2) is 0 Å². The Balaban J connectivity index is 2.16. The van der Waals surface area contributed by atoms with Crippen molar-refractivity contribution in [2.24, 2.45) is 5.73 Å². The summed E-state index contributed by atoms with van der Waals surface area (Å²) >= 11 is 0. The molecule has 2 unspecified atom stereocenters. The summed E-state index contributed by atoms with van der Waals surface area (Å²) in [5.74, 6) is 0. The summed E-state index contributed by atoms with van der Waals surface area (Å²) in [7, 11) is 2.14. The van der Waals surface area contributed by atoms with Crippen LogP contribution in [0.4, 0.5) is 0 Å². The molecule has 3 N–H and O–H groups in total. The smallest absolute Gasteiger partial charge is 0.0695 e. The van der Waals surface area contributed by atoms with Gasteiger partial charge in [-0.2, -0.15) is 0 Å². The van der Waals surface area contributed by atoms with Gasteiger partial charge in [0.05, 0.1) is 6.10 Å². The van der Waals surface area contributed by atoms with Gasteiger partial charge in [0.1, 0.15) is 0 Å². The van der Waals surface area contributed by atoms with Crippen LogP contribution in [0.1, 0.15) is 44.9 Å². The number of nitrogens with two attached hydrogens (primary N) is 1. The summed E-state index contributed by atoms with van der Waals surface area (Å²) in [6.07, 6.45) is 8.06. The minimum absolute atomic E-state index is 0.0988. The number of nitrogens with zero attached hydrogens (tertiary/aromatic N) is 1. The van der Waals surface area contributed by atoms with Gasteiger partial charge in [-0.15, -0.1) is 0 Å². The summed E-state index contributed by atoms with van der Waals surface area (Å²) in [5.41, 5.74) is 5.46. The third-order valence-corrected chi connectivity index (χ3v) is 3.48. The molecule has 3 nitrogen and oxygen atoms in total. The molecule has 1 fully saturated rings. The SMILES string of the molecule is CN(CCCCCN)C1CCCCC1O. The van der Waals surface area contributed by atoms with Crippen LogP contribution in [0.3, 0.4) is 0 Å². The van der Waals surface area contributed by atoms with E-state index in [9.17, 15) is 5.11 Å². The van der Waals surface area contributed by atoms with Crippen molar-refractivity contribution in [3.05, 3.63) is 0 Å². The first kappa shape index (κ1) is 12.9. The van der Waals surface area contributed by atoms with E-state index in [0.29, 0.717) is 6.04 Å². The second kappa shape index (κ2) is 7.20. The minimum atomic E-state index is -0.0988. The van der Waals surface area contributed by atoms with Gasteiger partial charge in [-0.05, 0) is 45.8 Å². The number of aliphatic hydroxyl groups excluding tert-OH is 1. The van der Waals surface area contributed by atoms with Crippen LogP contribution in [-0.4, -0.2) is 42.3 Å². The summed E-state index contributed by atoms with van der Waals surface area (Å²) < 4.78 is 0. The van der Waals surface area contributed by atoms with E-state index in [2.05, 4.69) is 11.9 Å². The molecule has 0 amide bonds. The van der Waals surface area contributed by atoms with E-state index in [1.54, 1.807) is 0 Å². The fourth-order valence-electron chi connectivity index (χ4n) is 2.45. The van der Waals surface area contributed by atoms with Gasteiger partial charge in [-0.1, -0.05) is 19.3 Å². The van der Waals surface area contributed by atoms with Crippen LogP contribution in [0, 0.1) is 0 Å². The molecule has 1 saturated carbocycles. The molecule has 15 heavy (non-hydrogen) atoms. The second-order valence-electron chi connectivity index (χ2n) is 4.75. The molecule has 0 bridgehead atoms. The lowest BCUT2D eigenvalue weighted by atomic mass is 9.91. The number of aliphatic hydroxyl groups is 1. The van der Waals surface area contributed by atoms with Crippen molar-refractivity contribution in [3.63, 3.8) is 0 Å². The van der Waals surface area contributed by atoms with Crippen molar-refractivity contribution < 1.29 is 5.11 Å². The van der Waals surface area contributed by atoms with Crippen molar-refractivity contribution >= 4 is 0 Å². The van der Waals surface area contributed by atoms with E-state index in [1.807, 2.05) is 0 Å².